The quantitative estimate of drug-likeness (QED) is 0.864. The van der Waals surface area contributed by atoms with Crippen LogP contribution < -0.4 is 10.1 Å². The molecule has 1 heterocycles. The van der Waals surface area contributed by atoms with Crippen LogP contribution >= 0.6 is 0 Å². The molecule has 0 bridgehead atoms. The number of aryl methyl sites for hydroxylation is 1. The molecule has 0 radical (unpaired) electrons. The molecule has 3 nitrogen and oxygen atoms in total. The molecule has 1 aromatic rings. The van der Waals surface area contributed by atoms with Crippen LogP contribution in [-0.2, 0) is 6.54 Å². The minimum absolute atomic E-state index is 0.845. The first-order chi connectivity index (χ1) is 9.72. The van der Waals surface area contributed by atoms with Crippen LogP contribution in [0, 0.1) is 12.8 Å². The van der Waals surface area contributed by atoms with E-state index in [0.717, 1.165) is 24.8 Å². The Morgan fingerprint density at radius 2 is 2.05 bits per heavy atom. The summed E-state index contributed by atoms with van der Waals surface area (Å²) in [5.41, 5.74) is 2.55. The van der Waals surface area contributed by atoms with Crippen molar-refractivity contribution in [3.8, 4) is 5.75 Å². The first-order valence-electron chi connectivity index (χ1n) is 7.79. The SMILES string of the molecule is CCN1CCC(CNCc2ccc(OC)c(C)c2)CC1. The molecular formula is C17H28N2O. The number of nitrogens with one attached hydrogen (secondary N) is 1. The molecule has 0 spiro atoms. The van der Waals surface area contributed by atoms with E-state index in [-0.39, 0.29) is 0 Å². The Bertz CT molecular complexity index is 411. The Morgan fingerprint density at radius 1 is 1.30 bits per heavy atom. The first-order valence-corrected chi connectivity index (χ1v) is 7.79. The topological polar surface area (TPSA) is 24.5 Å². The lowest BCUT2D eigenvalue weighted by Crippen LogP contribution is -2.36. The van der Waals surface area contributed by atoms with Gasteiger partial charge in [-0.1, -0.05) is 19.1 Å². The number of hydrogen-bond donors (Lipinski definition) is 1. The summed E-state index contributed by atoms with van der Waals surface area (Å²) >= 11 is 0. The zero-order valence-electron chi connectivity index (χ0n) is 13.1. The highest BCUT2D eigenvalue weighted by Crippen LogP contribution is 2.19. The van der Waals surface area contributed by atoms with Crippen LogP contribution in [0.3, 0.4) is 0 Å². The maximum atomic E-state index is 5.30. The lowest BCUT2D eigenvalue weighted by Gasteiger charge is -2.31. The molecule has 3 heteroatoms. The molecule has 0 unspecified atom stereocenters. The minimum Gasteiger partial charge on any atom is -0.496 e. The van der Waals surface area contributed by atoms with Crippen molar-refractivity contribution >= 4 is 0 Å². The molecule has 2 rings (SSSR count). The maximum Gasteiger partial charge on any atom is 0.121 e. The van der Waals surface area contributed by atoms with Crippen LogP contribution in [0.4, 0.5) is 0 Å². The van der Waals surface area contributed by atoms with Gasteiger partial charge in [-0.25, -0.2) is 0 Å². The van der Waals surface area contributed by atoms with Gasteiger partial charge in [-0.15, -0.1) is 0 Å². The number of hydrogen-bond acceptors (Lipinski definition) is 3. The molecule has 0 aromatic heterocycles. The number of piperidine rings is 1. The zero-order valence-corrected chi connectivity index (χ0v) is 13.1. The number of likely N-dealkylation sites (tertiary alicyclic amines) is 1. The Kier molecular flexibility index (Phi) is 5.86. The zero-order chi connectivity index (χ0) is 14.4. The van der Waals surface area contributed by atoms with Gasteiger partial charge in [0.2, 0.25) is 0 Å². The van der Waals surface area contributed by atoms with Gasteiger partial charge in [0.25, 0.3) is 0 Å². The predicted molar refractivity (Wildman–Crippen MR) is 84.3 cm³/mol. The number of benzene rings is 1. The van der Waals surface area contributed by atoms with E-state index in [0.29, 0.717) is 0 Å². The van der Waals surface area contributed by atoms with E-state index in [2.05, 4.69) is 42.3 Å². The average molecular weight is 276 g/mol. The van der Waals surface area contributed by atoms with Crippen LogP contribution in [0.25, 0.3) is 0 Å². The Labute approximate surface area is 123 Å². The van der Waals surface area contributed by atoms with Crippen molar-refractivity contribution in [3.05, 3.63) is 29.3 Å². The van der Waals surface area contributed by atoms with Crippen LogP contribution in [0.15, 0.2) is 18.2 Å². The smallest absolute Gasteiger partial charge is 0.121 e. The van der Waals surface area contributed by atoms with E-state index in [4.69, 9.17) is 4.74 Å². The summed E-state index contributed by atoms with van der Waals surface area (Å²) in [4.78, 5) is 2.54. The number of methoxy groups -OCH3 is 1. The molecule has 0 saturated carbocycles. The van der Waals surface area contributed by atoms with Gasteiger partial charge in [0.1, 0.15) is 5.75 Å². The van der Waals surface area contributed by atoms with E-state index >= 15 is 0 Å². The molecule has 1 N–H and O–H groups in total. The van der Waals surface area contributed by atoms with E-state index in [1.165, 1.54) is 43.6 Å². The summed E-state index contributed by atoms with van der Waals surface area (Å²) in [6.45, 7) is 10.2. The van der Waals surface area contributed by atoms with Gasteiger partial charge < -0.3 is 15.0 Å². The van der Waals surface area contributed by atoms with Gasteiger partial charge in [0, 0.05) is 6.54 Å². The summed E-state index contributed by atoms with van der Waals surface area (Å²) in [5, 5.41) is 3.61. The summed E-state index contributed by atoms with van der Waals surface area (Å²) in [7, 11) is 1.73. The van der Waals surface area contributed by atoms with Crippen molar-refractivity contribution in [2.24, 2.45) is 5.92 Å². The molecule has 0 amide bonds. The molecule has 1 aliphatic rings. The van der Waals surface area contributed by atoms with Crippen LogP contribution in [-0.4, -0.2) is 38.2 Å². The minimum atomic E-state index is 0.845. The molecule has 1 aliphatic heterocycles. The van der Waals surface area contributed by atoms with Gasteiger partial charge in [-0.3, -0.25) is 0 Å². The molecule has 1 fully saturated rings. The van der Waals surface area contributed by atoms with Gasteiger partial charge in [0.05, 0.1) is 7.11 Å². The summed E-state index contributed by atoms with van der Waals surface area (Å²) < 4.78 is 5.30. The second-order valence-corrected chi connectivity index (χ2v) is 5.81. The molecular weight excluding hydrogens is 248 g/mol. The van der Waals surface area contributed by atoms with Crippen LogP contribution in [0.1, 0.15) is 30.9 Å². The fourth-order valence-corrected chi connectivity index (χ4v) is 2.98. The van der Waals surface area contributed by atoms with Gasteiger partial charge in [0.15, 0.2) is 0 Å². The molecule has 0 atom stereocenters. The van der Waals surface area contributed by atoms with Crippen molar-refractivity contribution in [2.45, 2.75) is 33.2 Å². The monoisotopic (exact) mass is 276 g/mol. The molecule has 1 saturated heterocycles. The van der Waals surface area contributed by atoms with E-state index < -0.39 is 0 Å². The second-order valence-electron chi connectivity index (χ2n) is 5.81. The van der Waals surface area contributed by atoms with Crippen molar-refractivity contribution in [1.82, 2.24) is 10.2 Å². The highest BCUT2D eigenvalue weighted by Gasteiger charge is 2.17. The summed E-state index contributed by atoms with van der Waals surface area (Å²) in [6.07, 6.45) is 2.67. The molecule has 20 heavy (non-hydrogen) atoms. The van der Waals surface area contributed by atoms with E-state index in [9.17, 15) is 0 Å². The van der Waals surface area contributed by atoms with Crippen LogP contribution in [0.5, 0.6) is 5.75 Å². The highest BCUT2D eigenvalue weighted by molar-refractivity contribution is 5.36. The van der Waals surface area contributed by atoms with E-state index in [1.807, 2.05) is 0 Å². The number of rotatable bonds is 6. The third-order valence-electron chi connectivity index (χ3n) is 4.38. The predicted octanol–water partition coefficient (Wildman–Crippen LogP) is 2.83. The van der Waals surface area contributed by atoms with Crippen molar-refractivity contribution in [2.75, 3.05) is 33.3 Å². The molecule has 1 aromatic carbocycles. The maximum absolute atomic E-state index is 5.30. The van der Waals surface area contributed by atoms with Gasteiger partial charge in [-0.05, 0) is 69.1 Å². The molecule has 0 aliphatic carbocycles. The fourth-order valence-electron chi connectivity index (χ4n) is 2.98. The first kappa shape index (κ1) is 15.3. The average Bonchev–Trinajstić information content (AvgIpc) is 2.48. The largest absolute Gasteiger partial charge is 0.496 e. The lowest BCUT2D eigenvalue weighted by atomic mass is 9.97. The Morgan fingerprint density at radius 3 is 2.65 bits per heavy atom. The fraction of sp³-hybridized carbons (Fsp3) is 0.647. The number of ether oxygens (including phenoxy) is 1. The van der Waals surface area contributed by atoms with Crippen LogP contribution in [0.2, 0.25) is 0 Å². The van der Waals surface area contributed by atoms with E-state index in [1.54, 1.807) is 7.11 Å². The number of nitrogens with zero attached hydrogens (tertiary/aromatic N) is 1. The Balaban J connectivity index is 1.72. The third kappa shape index (κ3) is 4.22. The lowest BCUT2D eigenvalue weighted by molar-refractivity contribution is 0.190. The second kappa shape index (κ2) is 7.65. The third-order valence-corrected chi connectivity index (χ3v) is 4.38. The summed E-state index contributed by atoms with van der Waals surface area (Å²) in [5.74, 6) is 1.82. The normalized spacial score (nSPS) is 17.4. The van der Waals surface area contributed by atoms with Crippen molar-refractivity contribution in [3.63, 3.8) is 0 Å². The summed E-state index contributed by atoms with van der Waals surface area (Å²) in [6, 6.07) is 6.43. The Hall–Kier alpha value is -1.06. The van der Waals surface area contributed by atoms with Gasteiger partial charge >= 0.3 is 0 Å². The van der Waals surface area contributed by atoms with Crippen molar-refractivity contribution in [1.29, 1.82) is 0 Å². The van der Waals surface area contributed by atoms with Crippen molar-refractivity contribution < 1.29 is 4.74 Å². The van der Waals surface area contributed by atoms with Gasteiger partial charge in [-0.2, -0.15) is 0 Å². The molecule has 112 valence electrons. The standard InChI is InChI=1S/C17H28N2O/c1-4-19-9-7-15(8-10-19)12-18-13-16-5-6-17(20-3)14(2)11-16/h5-6,11,15,18H,4,7-10,12-13H2,1-3H3. The highest BCUT2D eigenvalue weighted by atomic mass is 16.5.